The molecule has 0 saturated heterocycles. The van der Waals surface area contributed by atoms with Gasteiger partial charge in [0.2, 0.25) is 0 Å². The molecule has 1 aromatic carbocycles. The van der Waals surface area contributed by atoms with Crippen molar-refractivity contribution in [3.8, 4) is 0 Å². The minimum Gasteiger partial charge on any atom is -0.279 e. The van der Waals surface area contributed by atoms with Gasteiger partial charge in [-0.3, -0.25) is 5.43 Å². The summed E-state index contributed by atoms with van der Waals surface area (Å²) in [6.07, 6.45) is 6.69. The third kappa shape index (κ3) is 5.43. The van der Waals surface area contributed by atoms with Gasteiger partial charge in [-0.2, -0.15) is 5.10 Å². The molecule has 0 heterocycles. The molecule has 0 amide bonds. The van der Waals surface area contributed by atoms with Crippen molar-refractivity contribution in [3.05, 3.63) is 29.3 Å². The molecule has 0 fully saturated rings. The summed E-state index contributed by atoms with van der Waals surface area (Å²) < 4.78 is 0. The van der Waals surface area contributed by atoms with Crippen molar-refractivity contribution in [2.24, 2.45) is 5.10 Å². The number of hydrogen-bond donors (Lipinski definition) is 1. The van der Waals surface area contributed by atoms with Crippen LogP contribution >= 0.6 is 11.6 Å². The van der Waals surface area contributed by atoms with Crippen molar-refractivity contribution in [1.82, 2.24) is 0 Å². The van der Waals surface area contributed by atoms with Crippen LogP contribution in [0, 0.1) is 0 Å². The number of benzene rings is 1. The van der Waals surface area contributed by atoms with Crippen molar-refractivity contribution in [1.29, 1.82) is 0 Å². The van der Waals surface area contributed by atoms with Gasteiger partial charge in [0.25, 0.3) is 0 Å². The molecule has 0 aliphatic carbocycles. The number of unbranched alkanes of at least 4 members (excludes halogenated alkanes) is 3. The summed E-state index contributed by atoms with van der Waals surface area (Å²) in [6.45, 7) is 2.20. The first-order chi connectivity index (χ1) is 7.33. The van der Waals surface area contributed by atoms with Gasteiger partial charge < -0.3 is 0 Å². The topological polar surface area (TPSA) is 24.4 Å². The van der Waals surface area contributed by atoms with E-state index in [4.69, 9.17) is 11.6 Å². The van der Waals surface area contributed by atoms with Crippen LogP contribution in [0.1, 0.15) is 32.6 Å². The highest BCUT2D eigenvalue weighted by Crippen LogP contribution is 2.12. The molecule has 0 aliphatic heterocycles. The van der Waals surface area contributed by atoms with Gasteiger partial charge in [0, 0.05) is 11.2 Å². The zero-order valence-electron chi connectivity index (χ0n) is 9.04. The molecule has 82 valence electrons. The first kappa shape index (κ1) is 12.1. The lowest BCUT2D eigenvalue weighted by molar-refractivity contribution is 0.746. The molecule has 1 N–H and O–H groups in total. The maximum atomic E-state index is 5.76. The number of hydrazone groups is 1. The molecule has 0 radical (unpaired) electrons. The summed E-state index contributed by atoms with van der Waals surface area (Å²) >= 11 is 5.76. The van der Waals surface area contributed by atoms with Crippen molar-refractivity contribution < 1.29 is 0 Å². The predicted octanol–water partition coefficient (Wildman–Crippen LogP) is 4.32. The van der Waals surface area contributed by atoms with E-state index >= 15 is 0 Å². The van der Waals surface area contributed by atoms with E-state index in [9.17, 15) is 0 Å². The first-order valence-corrected chi connectivity index (χ1v) is 5.74. The Morgan fingerprint density at radius 3 is 2.67 bits per heavy atom. The monoisotopic (exact) mass is 224 g/mol. The SMILES string of the molecule is CCCCC/C=N/Nc1ccc(Cl)cc1. The van der Waals surface area contributed by atoms with Crippen LogP contribution in [0.3, 0.4) is 0 Å². The maximum Gasteiger partial charge on any atom is 0.0562 e. The Labute approximate surface area is 96.3 Å². The molecule has 1 rings (SSSR count). The number of halogens is 1. The van der Waals surface area contributed by atoms with Crippen molar-refractivity contribution in [2.75, 3.05) is 5.43 Å². The number of rotatable bonds is 6. The lowest BCUT2D eigenvalue weighted by Gasteiger charge is -1.99. The molecule has 0 saturated carbocycles. The lowest BCUT2D eigenvalue weighted by Crippen LogP contribution is -1.88. The standard InChI is InChI=1S/C12H17ClN2/c1-2-3-4-5-10-14-15-12-8-6-11(13)7-9-12/h6-10,15H,2-5H2,1H3/b14-10+. The predicted molar refractivity (Wildman–Crippen MR) is 67.7 cm³/mol. The van der Waals surface area contributed by atoms with E-state index in [0.29, 0.717) is 0 Å². The van der Waals surface area contributed by atoms with Crippen LogP contribution in [0.5, 0.6) is 0 Å². The molecule has 0 atom stereocenters. The molecule has 2 nitrogen and oxygen atoms in total. The Bertz CT molecular complexity index is 293. The van der Waals surface area contributed by atoms with Gasteiger partial charge in [0.15, 0.2) is 0 Å². The van der Waals surface area contributed by atoms with Gasteiger partial charge in [-0.25, -0.2) is 0 Å². The van der Waals surface area contributed by atoms with E-state index < -0.39 is 0 Å². The quantitative estimate of drug-likeness (QED) is 0.435. The van der Waals surface area contributed by atoms with E-state index in [1.165, 1.54) is 19.3 Å². The maximum absolute atomic E-state index is 5.76. The highest BCUT2D eigenvalue weighted by molar-refractivity contribution is 6.30. The number of nitrogens with one attached hydrogen (secondary N) is 1. The second kappa shape index (κ2) is 7.30. The van der Waals surface area contributed by atoms with Crippen molar-refractivity contribution in [3.63, 3.8) is 0 Å². The van der Waals surface area contributed by atoms with Gasteiger partial charge >= 0.3 is 0 Å². The van der Waals surface area contributed by atoms with Crippen molar-refractivity contribution >= 4 is 23.5 Å². The van der Waals surface area contributed by atoms with Crippen LogP contribution in [-0.2, 0) is 0 Å². The average Bonchev–Trinajstić information content (AvgIpc) is 2.26. The zero-order chi connectivity index (χ0) is 10.9. The molecule has 15 heavy (non-hydrogen) atoms. The molecule has 0 aliphatic rings. The zero-order valence-corrected chi connectivity index (χ0v) is 9.80. The van der Waals surface area contributed by atoms with Crippen LogP contribution in [-0.4, -0.2) is 6.21 Å². The summed E-state index contributed by atoms with van der Waals surface area (Å²) in [7, 11) is 0. The van der Waals surface area contributed by atoms with Crippen LogP contribution < -0.4 is 5.43 Å². The summed E-state index contributed by atoms with van der Waals surface area (Å²) in [5, 5.41) is 4.87. The van der Waals surface area contributed by atoms with E-state index in [1.54, 1.807) is 0 Å². The van der Waals surface area contributed by atoms with Gasteiger partial charge in [-0.15, -0.1) is 0 Å². The summed E-state index contributed by atoms with van der Waals surface area (Å²) in [4.78, 5) is 0. The molecular weight excluding hydrogens is 208 g/mol. The number of nitrogens with zero attached hydrogens (tertiary/aromatic N) is 1. The van der Waals surface area contributed by atoms with Crippen LogP contribution in [0.25, 0.3) is 0 Å². The second-order valence-electron chi connectivity index (χ2n) is 3.43. The molecule has 1 aromatic rings. The third-order valence-corrected chi connectivity index (χ3v) is 2.32. The van der Waals surface area contributed by atoms with E-state index in [-0.39, 0.29) is 0 Å². The first-order valence-electron chi connectivity index (χ1n) is 5.36. The van der Waals surface area contributed by atoms with Crippen molar-refractivity contribution in [2.45, 2.75) is 32.6 Å². The van der Waals surface area contributed by atoms with E-state index in [0.717, 1.165) is 17.1 Å². The van der Waals surface area contributed by atoms with Gasteiger partial charge in [0.05, 0.1) is 5.69 Å². The molecule has 0 spiro atoms. The highest BCUT2D eigenvalue weighted by atomic mass is 35.5. The van der Waals surface area contributed by atoms with E-state index in [1.807, 2.05) is 30.5 Å². The Kier molecular flexibility index (Phi) is 5.86. The Morgan fingerprint density at radius 2 is 2.00 bits per heavy atom. The third-order valence-electron chi connectivity index (χ3n) is 2.07. The minimum atomic E-state index is 0.743. The highest BCUT2D eigenvalue weighted by Gasteiger charge is 1.88. The van der Waals surface area contributed by atoms with Gasteiger partial charge in [-0.05, 0) is 37.1 Å². The molecule has 0 unspecified atom stereocenters. The fraction of sp³-hybridized carbons (Fsp3) is 0.417. The second-order valence-corrected chi connectivity index (χ2v) is 3.86. The molecule has 3 heteroatoms. The number of anilines is 1. The Balaban J connectivity index is 2.22. The minimum absolute atomic E-state index is 0.743. The van der Waals surface area contributed by atoms with E-state index in [2.05, 4.69) is 17.5 Å². The largest absolute Gasteiger partial charge is 0.279 e. The lowest BCUT2D eigenvalue weighted by atomic mass is 10.2. The summed E-state index contributed by atoms with van der Waals surface area (Å²) in [5.74, 6) is 0. The fourth-order valence-corrected chi connectivity index (χ4v) is 1.32. The Hall–Kier alpha value is -1.02. The van der Waals surface area contributed by atoms with Crippen LogP contribution in [0.4, 0.5) is 5.69 Å². The number of hydrogen-bond acceptors (Lipinski definition) is 2. The molecule has 0 bridgehead atoms. The van der Waals surface area contributed by atoms with Crippen LogP contribution in [0.2, 0.25) is 5.02 Å². The van der Waals surface area contributed by atoms with Gasteiger partial charge in [-0.1, -0.05) is 31.4 Å². The normalized spacial score (nSPS) is 10.8. The Morgan fingerprint density at radius 1 is 1.27 bits per heavy atom. The molecule has 0 aromatic heterocycles. The summed E-state index contributed by atoms with van der Waals surface area (Å²) in [5.41, 5.74) is 3.92. The smallest absolute Gasteiger partial charge is 0.0562 e. The van der Waals surface area contributed by atoms with Crippen LogP contribution in [0.15, 0.2) is 29.4 Å². The van der Waals surface area contributed by atoms with Gasteiger partial charge in [0.1, 0.15) is 0 Å². The summed E-state index contributed by atoms with van der Waals surface area (Å²) in [6, 6.07) is 7.50. The molecular formula is C12H17ClN2. The average molecular weight is 225 g/mol. The fourth-order valence-electron chi connectivity index (χ4n) is 1.19.